The number of aryl methyl sites for hydroxylation is 1. The minimum atomic E-state index is -4.71. The number of hydrogen-bond acceptors (Lipinski definition) is 6. The van der Waals surface area contributed by atoms with Gasteiger partial charge in [-0.05, 0) is 50.5 Å². The third-order valence-corrected chi connectivity index (χ3v) is 5.61. The lowest BCUT2D eigenvalue weighted by Crippen LogP contribution is -2.51. The topological polar surface area (TPSA) is 81.1 Å². The molecule has 178 valence electrons. The number of carbonyl (C=O) groups excluding carboxylic acids is 1. The molecule has 0 aromatic carbocycles. The summed E-state index contributed by atoms with van der Waals surface area (Å²) >= 11 is 0. The van der Waals surface area contributed by atoms with Crippen LogP contribution in [0, 0.1) is 12.7 Å². The molecule has 4 rings (SSSR count). The van der Waals surface area contributed by atoms with E-state index in [-0.39, 0.29) is 11.6 Å². The average Bonchev–Trinajstić information content (AvgIpc) is 2.81. The number of pyridine rings is 2. The largest absolute Gasteiger partial charge is 0.470 e. The fourth-order valence-corrected chi connectivity index (χ4v) is 3.85. The predicted octanol–water partition coefficient (Wildman–Crippen LogP) is 4.47. The molecule has 4 heterocycles. The highest BCUT2D eigenvalue weighted by Gasteiger charge is 2.36. The van der Waals surface area contributed by atoms with E-state index in [0.29, 0.717) is 43.0 Å². The minimum Gasteiger partial charge on any atom is -0.470 e. The van der Waals surface area contributed by atoms with E-state index in [4.69, 9.17) is 4.74 Å². The van der Waals surface area contributed by atoms with Crippen LogP contribution in [0.1, 0.15) is 41.4 Å². The molecule has 3 aromatic heterocycles. The molecule has 1 fully saturated rings. The summed E-state index contributed by atoms with van der Waals surface area (Å²) in [6, 6.07) is 3.27. The second kappa shape index (κ2) is 9.32. The van der Waals surface area contributed by atoms with Crippen LogP contribution in [0.5, 0.6) is 5.88 Å². The molecule has 34 heavy (non-hydrogen) atoms. The van der Waals surface area contributed by atoms with E-state index in [1.54, 1.807) is 42.5 Å². The zero-order valence-electron chi connectivity index (χ0n) is 18.4. The van der Waals surface area contributed by atoms with Crippen LogP contribution in [0.25, 0.3) is 11.4 Å². The number of rotatable bonds is 4. The number of piperidine rings is 1. The third-order valence-electron chi connectivity index (χ3n) is 5.61. The van der Waals surface area contributed by atoms with Crippen LogP contribution in [0.2, 0.25) is 0 Å². The zero-order valence-corrected chi connectivity index (χ0v) is 18.4. The van der Waals surface area contributed by atoms with Gasteiger partial charge in [-0.15, -0.1) is 0 Å². The predicted molar refractivity (Wildman–Crippen MR) is 113 cm³/mol. The summed E-state index contributed by atoms with van der Waals surface area (Å²) in [6.45, 7) is 3.98. The average molecular weight is 475 g/mol. The molecule has 1 aliphatic heterocycles. The van der Waals surface area contributed by atoms with Crippen LogP contribution in [-0.4, -0.2) is 49.4 Å². The van der Waals surface area contributed by atoms with Crippen LogP contribution in [-0.2, 0) is 6.18 Å². The van der Waals surface area contributed by atoms with Gasteiger partial charge in [0.1, 0.15) is 11.8 Å². The monoisotopic (exact) mass is 475 g/mol. The number of carbonyl (C=O) groups is 1. The summed E-state index contributed by atoms with van der Waals surface area (Å²) in [6.07, 6.45) is 0.874. The smallest absolute Gasteiger partial charge is 0.417 e. The van der Waals surface area contributed by atoms with Crippen LogP contribution < -0.4 is 4.74 Å². The number of hydrogen-bond donors (Lipinski definition) is 0. The molecule has 1 amide bonds. The van der Waals surface area contributed by atoms with Crippen molar-refractivity contribution in [1.29, 1.82) is 0 Å². The fraction of sp³-hybridized carbons (Fsp3) is 0.348. The van der Waals surface area contributed by atoms with Crippen molar-refractivity contribution in [3.8, 4) is 17.3 Å². The second-order valence-corrected chi connectivity index (χ2v) is 8.03. The Bertz CT molecular complexity index is 1190. The van der Waals surface area contributed by atoms with E-state index in [0.717, 1.165) is 5.56 Å². The number of nitrogens with zero attached hydrogens (tertiary/aromatic N) is 5. The summed E-state index contributed by atoms with van der Waals surface area (Å²) < 4.78 is 58.3. The second-order valence-electron chi connectivity index (χ2n) is 8.03. The molecule has 11 heteroatoms. The van der Waals surface area contributed by atoms with E-state index < -0.39 is 35.6 Å². The first-order chi connectivity index (χ1) is 16.1. The summed E-state index contributed by atoms with van der Waals surface area (Å²) in [4.78, 5) is 31.3. The van der Waals surface area contributed by atoms with Crippen molar-refractivity contribution in [1.82, 2.24) is 24.8 Å². The highest BCUT2D eigenvalue weighted by atomic mass is 19.4. The Kier molecular flexibility index (Phi) is 6.45. The van der Waals surface area contributed by atoms with Gasteiger partial charge < -0.3 is 9.64 Å². The van der Waals surface area contributed by atoms with Crippen LogP contribution in [0.3, 0.4) is 0 Å². The molecule has 0 N–H and O–H groups in total. The molecule has 0 saturated carbocycles. The molecule has 0 bridgehead atoms. The van der Waals surface area contributed by atoms with Gasteiger partial charge in [-0.1, -0.05) is 0 Å². The van der Waals surface area contributed by atoms with Crippen LogP contribution >= 0.6 is 0 Å². The normalized spacial score (nSPS) is 18.6. The van der Waals surface area contributed by atoms with Gasteiger partial charge in [0, 0.05) is 31.3 Å². The van der Waals surface area contributed by atoms with Gasteiger partial charge in [-0.2, -0.15) is 13.2 Å². The number of amides is 1. The van der Waals surface area contributed by atoms with Crippen LogP contribution in [0.15, 0.2) is 43.0 Å². The van der Waals surface area contributed by atoms with Gasteiger partial charge in [0.25, 0.3) is 11.8 Å². The highest BCUT2D eigenvalue weighted by Crippen LogP contribution is 2.32. The van der Waals surface area contributed by atoms with E-state index in [9.17, 15) is 22.4 Å². The number of aromatic nitrogens is 4. The quantitative estimate of drug-likeness (QED) is 0.518. The highest BCUT2D eigenvalue weighted by molar-refractivity contribution is 5.98. The van der Waals surface area contributed by atoms with Gasteiger partial charge in [0.15, 0.2) is 11.6 Å². The molecule has 2 unspecified atom stereocenters. The Hall–Kier alpha value is -3.63. The molecule has 7 nitrogen and oxygen atoms in total. The SMILES string of the molecule is Cc1cnc(C(=O)N2CCCC(Oc3ncc(C(F)(F)F)cc3F)C2C)c(-c2ncccn2)c1. The molecule has 1 aliphatic rings. The van der Waals surface area contributed by atoms with Gasteiger partial charge in [0.2, 0.25) is 0 Å². The van der Waals surface area contributed by atoms with E-state index in [1.165, 1.54) is 0 Å². The van der Waals surface area contributed by atoms with Gasteiger partial charge in [-0.25, -0.2) is 19.3 Å². The maximum absolute atomic E-state index is 14.3. The van der Waals surface area contributed by atoms with Crippen molar-refractivity contribution in [2.75, 3.05) is 6.54 Å². The van der Waals surface area contributed by atoms with Crippen molar-refractivity contribution >= 4 is 5.91 Å². The van der Waals surface area contributed by atoms with Crippen molar-refractivity contribution in [2.24, 2.45) is 0 Å². The fourth-order valence-electron chi connectivity index (χ4n) is 3.85. The summed E-state index contributed by atoms with van der Waals surface area (Å²) in [7, 11) is 0. The minimum absolute atomic E-state index is 0.170. The summed E-state index contributed by atoms with van der Waals surface area (Å²) in [5.41, 5.74) is 0.280. The van der Waals surface area contributed by atoms with Crippen molar-refractivity contribution in [2.45, 2.75) is 45.0 Å². The maximum atomic E-state index is 14.3. The Balaban J connectivity index is 1.58. The van der Waals surface area contributed by atoms with Gasteiger partial charge in [-0.3, -0.25) is 9.78 Å². The van der Waals surface area contributed by atoms with E-state index in [2.05, 4.69) is 19.9 Å². The molecular formula is C23H21F4N5O2. The Morgan fingerprint density at radius 2 is 1.85 bits per heavy atom. The zero-order chi connectivity index (χ0) is 24.5. The first-order valence-electron chi connectivity index (χ1n) is 10.6. The Morgan fingerprint density at radius 1 is 1.12 bits per heavy atom. The standard InChI is InChI=1S/C23H21F4N5O2/c1-13-9-16(20-28-6-4-7-29-20)19(30-11-13)22(33)32-8-3-5-18(14(32)2)34-21-17(24)10-15(12-31-21)23(25,26)27/h4,6-7,9-12,14,18H,3,5,8H2,1-2H3. The third kappa shape index (κ3) is 4.82. The van der Waals surface area contributed by atoms with Crippen molar-refractivity contribution < 1.29 is 27.1 Å². The summed E-state index contributed by atoms with van der Waals surface area (Å²) in [5, 5.41) is 0. The molecule has 1 saturated heterocycles. The number of likely N-dealkylation sites (tertiary alicyclic amines) is 1. The first-order valence-corrected chi connectivity index (χ1v) is 10.6. The number of halogens is 4. The Morgan fingerprint density at radius 3 is 2.53 bits per heavy atom. The number of alkyl halides is 3. The lowest BCUT2D eigenvalue weighted by atomic mass is 9.98. The lowest BCUT2D eigenvalue weighted by Gasteiger charge is -2.39. The van der Waals surface area contributed by atoms with Gasteiger partial charge in [0.05, 0.1) is 17.2 Å². The summed E-state index contributed by atoms with van der Waals surface area (Å²) in [5.74, 6) is -1.76. The maximum Gasteiger partial charge on any atom is 0.417 e. The number of ether oxygens (including phenoxy) is 1. The molecule has 0 spiro atoms. The van der Waals surface area contributed by atoms with Crippen molar-refractivity contribution in [3.63, 3.8) is 0 Å². The van der Waals surface area contributed by atoms with Gasteiger partial charge >= 0.3 is 6.18 Å². The molecular weight excluding hydrogens is 454 g/mol. The molecule has 3 aromatic rings. The molecule has 2 atom stereocenters. The van der Waals surface area contributed by atoms with E-state index in [1.807, 2.05) is 6.92 Å². The Labute approximate surface area is 192 Å². The first kappa shape index (κ1) is 23.5. The molecule has 0 radical (unpaired) electrons. The van der Waals surface area contributed by atoms with Crippen molar-refractivity contribution in [3.05, 3.63) is 65.6 Å². The van der Waals surface area contributed by atoms with E-state index >= 15 is 0 Å². The lowest BCUT2D eigenvalue weighted by molar-refractivity contribution is -0.138. The molecule has 0 aliphatic carbocycles. The van der Waals surface area contributed by atoms with Crippen LogP contribution in [0.4, 0.5) is 17.6 Å².